The number of nitrogens with one attached hydrogen (secondary N) is 2. The molecule has 1 aromatic carbocycles. The summed E-state index contributed by atoms with van der Waals surface area (Å²) in [6, 6.07) is 8.19. The number of halogens is 1. The maximum Gasteiger partial charge on any atom is 0.221 e. The summed E-state index contributed by atoms with van der Waals surface area (Å²) >= 11 is 5.99. The molecular weight excluding hydrogens is 350 g/mol. The zero-order valence-electron chi connectivity index (χ0n) is 15.3. The molecule has 142 valence electrons. The maximum absolute atomic E-state index is 12.4. The summed E-state index contributed by atoms with van der Waals surface area (Å²) in [6.45, 7) is 3.80. The van der Waals surface area contributed by atoms with Crippen LogP contribution < -0.4 is 10.6 Å². The third kappa shape index (κ3) is 5.71. The first-order valence-electron chi connectivity index (χ1n) is 9.52. The van der Waals surface area contributed by atoms with E-state index in [1.165, 1.54) is 12.8 Å². The molecule has 6 heteroatoms. The molecule has 3 rings (SSSR count). The average Bonchev–Trinajstić information content (AvgIpc) is 3.34. The number of amides is 2. The fourth-order valence-corrected chi connectivity index (χ4v) is 3.96. The van der Waals surface area contributed by atoms with Crippen LogP contribution in [-0.2, 0) is 16.1 Å². The first-order valence-corrected chi connectivity index (χ1v) is 9.90. The van der Waals surface area contributed by atoms with E-state index in [2.05, 4.69) is 15.5 Å². The quantitative estimate of drug-likeness (QED) is 0.732. The second-order valence-electron chi connectivity index (χ2n) is 7.57. The topological polar surface area (TPSA) is 61.4 Å². The van der Waals surface area contributed by atoms with E-state index in [1.54, 1.807) is 6.92 Å². The summed E-state index contributed by atoms with van der Waals surface area (Å²) in [7, 11) is 0. The van der Waals surface area contributed by atoms with Crippen molar-refractivity contribution in [2.45, 2.75) is 57.7 Å². The van der Waals surface area contributed by atoms with Crippen LogP contribution in [-0.4, -0.2) is 41.9 Å². The number of carbonyl (C=O) groups is 2. The SMILES string of the molecule is CC(=O)NC[C@H]1CC[C@@H](CC(=O)NCc2cccc(Cl)c2)N1CC1CC1. The molecule has 5 nitrogen and oxygen atoms in total. The second-order valence-corrected chi connectivity index (χ2v) is 8.01. The van der Waals surface area contributed by atoms with Gasteiger partial charge in [0.1, 0.15) is 0 Å². The van der Waals surface area contributed by atoms with Crippen molar-refractivity contribution in [2.75, 3.05) is 13.1 Å². The fourth-order valence-electron chi connectivity index (χ4n) is 3.75. The summed E-state index contributed by atoms with van der Waals surface area (Å²) in [5.41, 5.74) is 1.01. The van der Waals surface area contributed by atoms with E-state index < -0.39 is 0 Å². The predicted molar refractivity (Wildman–Crippen MR) is 103 cm³/mol. The zero-order chi connectivity index (χ0) is 18.5. The first kappa shape index (κ1) is 19.2. The van der Waals surface area contributed by atoms with Crippen molar-refractivity contribution < 1.29 is 9.59 Å². The van der Waals surface area contributed by atoms with Crippen LogP contribution in [0, 0.1) is 5.92 Å². The normalized spacial score (nSPS) is 23.0. The Morgan fingerprint density at radius 3 is 2.62 bits per heavy atom. The van der Waals surface area contributed by atoms with Gasteiger partial charge in [-0.1, -0.05) is 23.7 Å². The van der Waals surface area contributed by atoms with Gasteiger partial charge in [0.15, 0.2) is 0 Å². The Labute approximate surface area is 160 Å². The number of nitrogens with zero attached hydrogens (tertiary/aromatic N) is 1. The minimum Gasteiger partial charge on any atom is -0.355 e. The molecule has 0 unspecified atom stereocenters. The summed E-state index contributed by atoms with van der Waals surface area (Å²) in [5, 5.41) is 6.64. The van der Waals surface area contributed by atoms with Crippen molar-refractivity contribution in [3.05, 3.63) is 34.9 Å². The highest BCUT2D eigenvalue weighted by Gasteiger charge is 2.37. The Morgan fingerprint density at radius 1 is 1.15 bits per heavy atom. The van der Waals surface area contributed by atoms with Crippen molar-refractivity contribution >= 4 is 23.4 Å². The summed E-state index contributed by atoms with van der Waals surface area (Å²) < 4.78 is 0. The van der Waals surface area contributed by atoms with Gasteiger partial charge in [0, 0.05) is 50.1 Å². The summed E-state index contributed by atoms with van der Waals surface area (Å²) in [6.07, 6.45) is 5.15. The first-order chi connectivity index (χ1) is 12.5. The highest BCUT2D eigenvalue weighted by Crippen LogP contribution is 2.35. The van der Waals surface area contributed by atoms with Gasteiger partial charge in [0.2, 0.25) is 11.8 Å². The Morgan fingerprint density at radius 2 is 1.92 bits per heavy atom. The van der Waals surface area contributed by atoms with Crippen LogP contribution >= 0.6 is 11.6 Å². The van der Waals surface area contributed by atoms with E-state index in [4.69, 9.17) is 11.6 Å². The Balaban J connectivity index is 1.51. The van der Waals surface area contributed by atoms with Gasteiger partial charge in [-0.25, -0.2) is 0 Å². The molecule has 1 aromatic rings. The number of hydrogen-bond acceptors (Lipinski definition) is 3. The van der Waals surface area contributed by atoms with Gasteiger partial charge in [-0.15, -0.1) is 0 Å². The second kappa shape index (κ2) is 8.87. The van der Waals surface area contributed by atoms with Gasteiger partial charge in [0.05, 0.1) is 0 Å². The fraction of sp³-hybridized carbons (Fsp3) is 0.600. The molecule has 1 heterocycles. The molecule has 0 radical (unpaired) electrons. The van der Waals surface area contributed by atoms with E-state index in [9.17, 15) is 9.59 Å². The number of hydrogen-bond donors (Lipinski definition) is 2. The standard InChI is InChI=1S/C20H28ClN3O2/c1-14(25)22-12-19-8-7-18(24(19)13-15-5-6-15)10-20(26)23-11-16-3-2-4-17(21)9-16/h2-4,9,15,18-19H,5-8,10-13H2,1H3,(H,22,25)(H,23,26)/t18-,19+/m0/s1. The number of rotatable bonds is 8. The molecule has 1 saturated heterocycles. The lowest BCUT2D eigenvalue weighted by Gasteiger charge is -2.30. The van der Waals surface area contributed by atoms with Gasteiger partial charge in [-0.3, -0.25) is 14.5 Å². The minimum absolute atomic E-state index is 0.0130. The van der Waals surface area contributed by atoms with E-state index in [0.29, 0.717) is 30.6 Å². The van der Waals surface area contributed by atoms with Crippen LogP contribution in [0.2, 0.25) is 5.02 Å². The van der Waals surface area contributed by atoms with Crippen LogP contribution in [0.25, 0.3) is 0 Å². The highest BCUT2D eigenvalue weighted by atomic mass is 35.5. The van der Waals surface area contributed by atoms with Gasteiger partial charge in [-0.2, -0.15) is 0 Å². The van der Waals surface area contributed by atoms with Crippen molar-refractivity contribution in [2.24, 2.45) is 5.92 Å². The molecule has 2 aliphatic rings. The average molecular weight is 378 g/mol. The van der Waals surface area contributed by atoms with E-state index in [1.807, 2.05) is 24.3 Å². The predicted octanol–water partition coefficient (Wildman–Crippen LogP) is 2.73. The van der Waals surface area contributed by atoms with Gasteiger partial charge in [-0.05, 0) is 49.3 Å². The molecule has 1 aliphatic heterocycles. The molecule has 1 saturated carbocycles. The van der Waals surface area contributed by atoms with Crippen LogP contribution in [0.4, 0.5) is 0 Å². The largest absolute Gasteiger partial charge is 0.355 e. The summed E-state index contributed by atoms with van der Waals surface area (Å²) in [5.74, 6) is 0.861. The monoisotopic (exact) mass is 377 g/mol. The molecule has 0 aromatic heterocycles. The van der Waals surface area contributed by atoms with E-state index in [-0.39, 0.29) is 17.9 Å². The molecule has 1 aliphatic carbocycles. The van der Waals surface area contributed by atoms with Crippen molar-refractivity contribution in [1.29, 1.82) is 0 Å². The smallest absolute Gasteiger partial charge is 0.221 e. The van der Waals surface area contributed by atoms with Gasteiger partial charge in [0.25, 0.3) is 0 Å². The Hall–Kier alpha value is -1.59. The molecule has 2 atom stereocenters. The molecule has 2 fully saturated rings. The molecule has 26 heavy (non-hydrogen) atoms. The van der Waals surface area contributed by atoms with E-state index in [0.717, 1.165) is 30.9 Å². The number of likely N-dealkylation sites (tertiary alicyclic amines) is 1. The zero-order valence-corrected chi connectivity index (χ0v) is 16.1. The molecule has 0 spiro atoms. The lowest BCUT2D eigenvalue weighted by Crippen LogP contribution is -2.45. The lowest BCUT2D eigenvalue weighted by atomic mass is 10.1. The Bertz CT molecular complexity index is 648. The number of benzene rings is 1. The van der Waals surface area contributed by atoms with Crippen LogP contribution in [0.5, 0.6) is 0 Å². The van der Waals surface area contributed by atoms with Gasteiger partial charge < -0.3 is 10.6 Å². The highest BCUT2D eigenvalue weighted by molar-refractivity contribution is 6.30. The third-order valence-corrected chi connectivity index (χ3v) is 5.56. The van der Waals surface area contributed by atoms with Crippen molar-refractivity contribution in [3.8, 4) is 0 Å². The minimum atomic E-state index is 0.0130. The van der Waals surface area contributed by atoms with E-state index >= 15 is 0 Å². The Kier molecular flexibility index (Phi) is 6.54. The summed E-state index contributed by atoms with van der Waals surface area (Å²) in [4.78, 5) is 26.1. The van der Waals surface area contributed by atoms with Crippen LogP contribution in [0.1, 0.15) is 44.6 Å². The van der Waals surface area contributed by atoms with Crippen molar-refractivity contribution in [3.63, 3.8) is 0 Å². The molecule has 0 bridgehead atoms. The molecular formula is C20H28ClN3O2. The third-order valence-electron chi connectivity index (χ3n) is 5.32. The van der Waals surface area contributed by atoms with Crippen LogP contribution in [0.3, 0.4) is 0 Å². The number of carbonyl (C=O) groups excluding carboxylic acids is 2. The maximum atomic E-state index is 12.4. The molecule has 2 N–H and O–H groups in total. The van der Waals surface area contributed by atoms with Gasteiger partial charge >= 0.3 is 0 Å². The lowest BCUT2D eigenvalue weighted by molar-refractivity contribution is -0.122. The van der Waals surface area contributed by atoms with Crippen LogP contribution in [0.15, 0.2) is 24.3 Å². The molecule has 2 amide bonds. The van der Waals surface area contributed by atoms with Crippen molar-refractivity contribution in [1.82, 2.24) is 15.5 Å².